The number of ether oxygens (including phenoxy) is 2. The summed E-state index contributed by atoms with van der Waals surface area (Å²) in [6.45, 7) is 2.10. The number of fused-ring (bicyclic) bond motifs is 1. The largest absolute Gasteiger partial charge is 0.482 e. The van der Waals surface area contributed by atoms with E-state index in [1.165, 1.54) is 0 Å². The number of anilines is 2. The van der Waals surface area contributed by atoms with Gasteiger partial charge in [0.2, 0.25) is 5.91 Å². The van der Waals surface area contributed by atoms with Gasteiger partial charge in [0.1, 0.15) is 5.75 Å². The maximum absolute atomic E-state index is 12.0. The number of hydrogen-bond donors (Lipinski definition) is 2. The van der Waals surface area contributed by atoms with Crippen LogP contribution in [0.1, 0.15) is 6.92 Å². The van der Waals surface area contributed by atoms with Crippen molar-refractivity contribution in [2.24, 2.45) is 5.92 Å². The first-order chi connectivity index (χ1) is 9.51. The molecular weight excluding hydrogens is 328 g/mol. The lowest BCUT2D eigenvalue weighted by molar-refractivity contribution is -0.121. The zero-order valence-electron chi connectivity index (χ0n) is 11.2. The van der Waals surface area contributed by atoms with Crippen LogP contribution in [0.5, 0.6) is 5.75 Å². The molecule has 0 saturated heterocycles. The highest BCUT2D eigenvalue weighted by atomic mass is 79.9. The van der Waals surface area contributed by atoms with E-state index in [9.17, 15) is 9.59 Å². The molecule has 1 aliphatic heterocycles. The van der Waals surface area contributed by atoms with Crippen molar-refractivity contribution in [2.45, 2.75) is 6.92 Å². The Kier molecular flexibility index (Phi) is 4.61. The normalized spacial score (nSPS) is 14.8. The third kappa shape index (κ3) is 3.29. The van der Waals surface area contributed by atoms with Gasteiger partial charge in [-0.15, -0.1) is 0 Å². The maximum atomic E-state index is 12.0. The molecule has 2 amide bonds. The molecule has 0 fully saturated rings. The lowest BCUT2D eigenvalue weighted by Crippen LogP contribution is -2.26. The fraction of sp³-hybridized carbons (Fsp3) is 0.385. The second-order valence-electron chi connectivity index (χ2n) is 4.51. The van der Waals surface area contributed by atoms with E-state index in [4.69, 9.17) is 9.47 Å². The van der Waals surface area contributed by atoms with E-state index >= 15 is 0 Å². The topological polar surface area (TPSA) is 76.7 Å². The number of carbonyl (C=O) groups is 2. The Hall–Kier alpha value is -1.60. The van der Waals surface area contributed by atoms with Crippen LogP contribution in [-0.2, 0) is 14.3 Å². The van der Waals surface area contributed by atoms with Crippen molar-refractivity contribution < 1.29 is 19.1 Å². The van der Waals surface area contributed by atoms with Gasteiger partial charge >= 0.3 is 0 Å². The molecule has 1 atom stereocenters. The molecule has 6 nitrogen and oxygen atoms in total. The SMILES string of the molecule is COC[C@H](C)C(=O)Nc1cc2c(cc1Br)NC(=O)CO2. The molecular formula is C13H15BrN2O4. The zero-order chi connectivity index (χ0) is 14.7. The number of benzene rings is 1. The van der Waals surface area contributed by atoms with Crippen LogP contribution < -0.4 is 15.4 Å². The van der Waals surface area contributed by atoms with Crippen LogP contribution in [-0.4, -0.2) is 32.1 Å². The molecule has 7 heteroatoms. The lowest BCUT2D eigenvalue weighted by atomic mass is 10.1. The summed E-state index contributed by atoms with van der Waals surface area (Å²) in [5.74, 6) is -0.0757. The molecule has 1 heterocycles. The highest BCUT2D eigenvalue weighted by molar-refractivity contribution is 9.10. The van der Waals surface area contributed by atoms with Crippen LogP contribution in [0.4, 0.5) is 11.4 Å². The first kappa shape index (κ1) is 14.8. The van der Waals surface area contributed by atoms with Crippen molar-refractivity contribution in [2.75, 3.05) is 31.0 Å². The van der Waals surface area contributed by atoms with E-state index in [0.717, 1.165) is 0 Å². The minimum atomic E-state index is -0.261. The molecule has 1 aromatic carbocycles. The van der Waals surface area contributed by atoms with Crippen molar-refractivity contribution in [3.8, 4) is 5.75 Å². The van der Waals surface area contributed by atoms with E-state index in [0.29, 0.717) is 28.2 Å². The summed E-state index contributed by atoms with van der Waals surface area (Å²) in [7, 11) is 1.55. The van der Waals surface area contributed by atoms with E-state index in [-0.39, 0.29) is 24.3 Å². The maximum Gasteiger partial charge on any atom is 0.262 e. The van der Waals surface area contributed by atoms with E-state index in [1.54, 1.807) is 26.2 Å². The predicted octanol–water partition coefficient (Wildman–Crippen LogP) is 2.00. The Morgan fingerprint density at radius 3 is 3.05 bits per heavy atom. The Bertz CT molecular complexity index is 547. The number of carbonyl (C=O) groups excluding carboxylic acids is 2. The Morgan fingerprint density at radius 1 is 1.60 bits per heavy atom. The summed E-state index contributed by atoms with van der Waals surface area (Å²) < 4.78 is 10.9. The lowest BCUT2D eigenvalue weighted by Gasteiger charge is -2.20. The molecule has 1 aromatic rings. The van der Waals surface area contributed by atoms with Crippen LogP contribution >= 0.6 is 15.9 Å². The molecule has 0 aromatic heterocycles. The molecule has 0 spiro atoms. The van der Waals surface area contributed by atoms with Gasteiger partial charge in [-0.2, -0.15) is 0 Å². The van der Waals surface area contributed by atoms with Gasteiger partial charge in [0, 0.05) is 17.6 Å². The summed E-state index contributed by atoms with van der Waals surface area (Å²) in [6.07, 6.45) is 0. The number of nitrogens with one attached hydrogen (secondary N) is 2. The van der Waals surface area contributed by atoms with Crippen LogP contribution in [0.15, 0.2) is 16.6 Å². The second kappa shape index (κ2) is 6.23. The van der Waals surface area contributed by atoms with E-state index in [1.807, 2.05) is 0 Å². The smallest absolute Gasteiger partial charge is 0.262 e. The van der Waals surface area contributed by atoms with Crippen LogP contribution in [0.2, 0.25) is 0 Å². The highest BCUT2D eigenvalue weighted by Crippen LogP contribution is 2.36. The molecule has 0 bridgehead atoms. The quantitative estimate of drug-likeness (QED) is 0.877. The minimum absolute atomic E-state index is 0.0257. The summed E-state index contributed by atoms with van der Waals surface area (Å²) in [6, 6.07) is 3.37. The van der Waals surface area contributed by atoms with E-state index in [2.05, 4.69) is 26.6 Å². The van der Waals surface area contributed by atoms with Gasteiger partial charge in [0.15, 0.2) is 6.61 Å². The number of amides is 2. The average Bonchev–Trinajstić information content (AvgIpc) is 2.40. The van der Waals surface area contributed by atoms with Crippen LogP contribution in [0, 0.1) is 5.92 Å². The number of hydrogen-bond acceptors (Lipinski definition) is 4. The number of rotatable bonds is 4. The average molecular weight is 343 g/mol. The van der Waals surface area contributed by atoms with Crippen molar-refractivity contribution in [1.82, 2.24) is 0 Å². The molecule has 2 N–H and O–H groups in total. The molecule has 108 valence electrons. The van der Waals surface area contributed by atoms with Gasteiger partial charge in [-0.3, -0.25) is 9.59 Å². The monoisotopic (exact) mass is 342 g/mol. The van der Waals surface area contributed by atoms with Gasteiger partial charge in [0.25, 0.3) is 5.91 Å². The Balaban J connectivity index is 2.17. The van der Waals surface area contributed by atoms with Gasteiger partial charge in [-0.05, 0) is 22.0 Å². The molecule has 2 rings (SSSR count). The van der Waals surface area contributed by atoms with Crippen LogP contribution in [0.25, 0.3) is 0 Å². The summed E-state index contributed by atoms with van der Waals surface area (Å²) in [5.41, 5.74) is 1.17. The van der Waals surface area contributed by atoms with Crippen LogP contribution in [0.3, 0.4) is 0 Å². The third-order valence-corrected chi connectivity index (χ3v) is 3.48. The number of halogens is 1. The predicted molar refractivity (Wildman–Crippen MR) is 77.9 cm³/mol. The third-order valence-electron chi connectivity index (χ3n) is 2.82. The van der Waals surface area contributed by atoms with Gasteiger partial charge in [0.05, 0.1) is 23.9 Å². The van der Waals surface area contributed by atoms with Gasteiger partial charge < -0.3 is 20.1 Å². The van der Waals surface area contributed by atoms with Gasteiger partial charge in [-0.25, -0.2) is 0 Å². The first-order valence-corrected chi connectivity index (χ1v) is 6.86. The standard InChI is InChI=1S/C13H15BrN2O4/c1-7(5-19-2)13(18)16-9-4-11-10(3-8(9)14)15-12(17)6-20-11/h3-4,7H,5-6H2,1-2H3,(H,15,17)(H,16,18)/t7-/m0/s1. The summed E-state index contributed by atoms with van der Waals surface area (Å²) in [4.78, 5) is 23.2. The summed E-state index contributed by atoms with van der Waals surface area (Å²) >= 11 is 3.36. The highest BCUT2D eigenvalue weighted by Gasteiger charge is 2.20. The summed E-state index contributed by atoms with van der Waals surface area (Å²) in [5, 5.41) is 5.50. The van der Waals surface area contributed by atoms with Crippen molar-refractivity contribution in [3.63, 3.8) is 0 Å². The van der Waals surface area contributed by atoms with Gasteiger partial charge in [-0.1, -0.05) is 6.92 Å². The number of methoxy groups -OCH3 is 1. The van der Waals surface area contributed by atoms with Crippen molar-refractivity contribution in [1.29, 1.82) is 0 Å². The molecule has 0 unspecified atom stereocenters. The molecule has 0 aliphatic carbocycles. The minimum Gasteiger partial charge on any atom is -0.482 e. The molecule has 0 radical (unpaired) electrons. The van der Waals surface area contributed by atoms with E-state index < -0.39 is 0 Å². The zero-order valence-corrected chi connectivity index (χ0v) is 12.7. The Labute approximate surface area is 124 Å². The molecule has 20 heavy (non-hydrogen) atoms. The molecule has 0 saturated carbocycles. The fourth-order valence-corrected chi connectivity index (χ4v) is 2.22. The van der Waals surface area contributed by atoms with Crippen molar-refractivity contribution >= 4 is 39.1 Å². The first-order valence-electron chi connectivity index (χ1n) is 6.07. The fourth-order valence-electron chi connectivity index (χ4n) is 1.78. The van der Waals surface area contributed by atoms with Crippen molar-refractivity contribution in [3.05, 3.63) is 16.6 Å². The molecule has 1 aliphatic rings. The second-order valence-corrected chi connectivity index (χ2v) is 5.37. The Morgan fingerprint density at radius 2 is 2.35 bits per heavy atom.